The summed E-state index contributed by atoms with van der Waals surface area (Å²) in [6.07, 6.45) is 2.12. The molecule has 192 valence electrons. The van der Waals surface area contributed by atoms with Crippen LogP contribution in [0.1, 0.15) is 13.3 Å². The van der Waals surface area contributed by atoms with Gasteiger partial charge in [0.1, 0.15) is 11.4 Å². The number of amides is 2. The van der Waals surface area contributed by atoms with E-state index in [1.165, 1.54) is 28.8 Å². The van der Waals surface area contributed by atoms with Crippen LogP contribution < -0.4 is 37.1 Å². The van der Waals surface area contributed by atoms with Crippen LogP contribution in [0.25, 0.3) is 5.52 Å². The molecule has 0 radical (unpaired) electrons. The summed E-state index contributed by atoms with van der Waals surface area (Å²) in [5, 5.41) is 5.06. The third-order valence-electron chi connectivity index (χ3n) is 4.92. The number of benzene rings is 1. The number of nitrogens with one attached hydrogen (secondary N) is 3. The highest BCUT2D eigenvalue weighted by Crippen LogP contribution is 2.14. The number of fused-ring (bicyclic) bond motifs is 1. The minimum Gasteiger partial charge on any atom is -0.492 e. The molecule has 2 amide bonds. The van der Waals surface area contributed by atoms with Crippen molar-refractivity contribution < 1.29 is 17.9 Å². The Kier molecular flexibility index (Phi) is 8.86. The van der Waals surface area contributed by atoms with Crippen molar-refractivity contribution in [3.8, 4) is 5.75 Å². The zero-order valence-electron chi connectivity index (χ0n) is 19.7. The number of carbonyl (C=O) groups is 1. The van der Waals surface area contributed by atoms with Crippen molar-refractivity contribution in [3.05, 3.63) is 71.1 Å². The molecule has 0 aliphatic carbocycles. The number of hydrogen-bond acceptors (Lipinski definition) is 6. The van der Waals surface area contributed by atoms with Gasteiger partial charge < -0.3 is 26.8 Å². The van der Waals surface area contributed by atoms with Crippen LogP contribution in [0.2, 0.25) is 0 Å². The molecule has 13 heteroatoms. The second kappa shape index (κ2) is 12.0. The second-order valence-corrected chi connectivity index (χ2v) is 9.60. The predicted octanol–water partition coefficient (Wildman–Crippen LogP) is 0.830. The van der Waals surface area contributed by atoms with Crippen LogP contribution in [-0.4, -0.2) is 50.5 Å². The summed E-state index contributed by atoms with van der Waals surface area (Å²) >= 11 is 0. The summed E-state index contributed by atoms with van der Waals surface area (Å²) in [5.74, 6) is 0.481. The van der Waals surface area contributed by atoms with E-state index in [1.54, 1.807) is 43.3 Å². The molecule has 0 saturated heterocycles. The van der Waals surface area contributed by atoms with Gasteiger partial charge in [0.15, 0.2) is 5.96 Å². The Hall–Kier alpha value is -4.10. The molecular weight excluding hydrogens is 486 g/mol. The van der Waals surface area contributed by atoms with Gasteiger partial charge in [-0.15, -0.1) is 0 Å². The molecule has 0 fully saturated rings. The number of carbonyl (C=O) groups excluding carboxylic acids is 1. The van der Waals surface area contributed by atoms with Gasteiger partial charge in [-0.2, -0.15) is 0 Å². The van der Waals surface area contributed by atoms with Crippen molar-refractivity contribution in [2.45, 2.75) is 24.3 Å². The molecule has 0 aliphatic heterocycles. The van der Waals surface area contributed by atoms with E-state index < -0.39 is 27.7 Å². The van der Waals surface area contributed by atoms with Crippen molar-refractivity contribution in [1.29, 1.82) is 0 Å². The second-order valence-electron chi connectivity index (χ2n) is 7.89. The van der Waals surface area contributed by atoms with E-state index in [-0.39, 0.29) is 23.1 Å². The summed E-state index contributed by atoms with van der Waals surface area (Å²) in [6, 6.07) is 13.3. The summed E-state index contributed by atoms with van der Waals surface area (Å²) in [6.45, 7) is 2.39. The van der Waals surface area contributed by atoms with Crippen LogP contribution in [0.3, 0.4) is 0 Å². The van der Waals surface area contributed by atoms with Crippen molar-refractivity contribution in [2.24, 2.45) is 16.5 Å². The van der Waals surface area contributed by atoms with E-state index >= 15 is 0 Å². The number of rotatable bonds is 11. The summed E-state index contributed by atoms with van der Waals surface area (Å²) in [5.41, 5.74) is 10.8. The Morgan fingerprint density at radius 3 is 2.56 bits per heavy atom. The first-order valence-corrected chi connectivity index (χ1v) is 12.6. The first-order chi connectivity index (χ1) is 17.2. The van der Waals surface area contributed by atoms with Gasteiger partial charge in [0.25, 0.3) is 5.56 Å². The molecule has 1 aromatic carbocycles. The van der Waals surface area contributed by atoms with Crippen molar-refractivity contribution in [3.63, 3.8) is 0 Å². The average Bonchev–Trinajstić information content (AvgIpc) is 2.84. The number of nitrogens with two attached hydrogens (primary N) is 2. The van der Waals surface area contributed by atoms with E-state index in [9.17, 15) is 18.0 Å². The smallest absolute Gasteiger partial charge is 0.319 e. The first kappa shape index (κ1) is 26.5. The van der Waals surface area contributed by atoms with Crippen molar-refractivity contribution >= 4 is 33.2 Å². The Balaban J connectivity index is 1.57. The van der Waals surface area contributed by atoms with Gasteiger partial charge in [0.2, 0.25) is 10.0 Å². The number of sulfonamides is 1. The Bertz CT molecular complexity index is 1390. The minimum atomic E-state index is -3.72. The van der Waals surface area contributed by atoms with Gasteiger partial charge in [-0.3, -0.25) is 14.2 Å². The molecule has 2 aromatic heterocycles. The number of urea groups is 1. The number of nitrogens with zero attached hydrogens (tertiary/aromatic N) is 2. The van der Waals surface area contributed by atoms with E-state index in [4.69, 9.17) is 16.2 Å². The van der Waals surface area contributed by atoms with Crippen LogP contribution >= 0.6 is 0 Å². The van der Waals surface area contributed by atoms with Gasteiger partial charge in [0, 0.05) is 31.1 Å². The Labute approximate surface area is 208 Å². The summed E-state index contributed by atoms with van der Waals surface area (Å²) in [7, 11) is -3.72. The molecule has 2 heterocycles. The van der Waals surface area contributed by atoms with Gasteiger partial charge >= 0.3 is 6.03 Å². The number of aliphatic imine (C=N–C) groups is 1. The first-order valence-electron chi connectivity index (χ1n) is 11.1. The molecule has 0 spiro atoms. The lowest BCUT2D eigenvalue weighted by molar-refractivity contribution is 0.251. The standard InChI is InChI=1S/C23H29N7O5S/c1-16(29-36(33,34)19-6-3-2-4-7-19)14-27-23(32)28-20-11-9-17-8-10-18(15-30(17)21(20)31)35-13-5-12-26-22(24)25/h2-4,6-11,15-16,29H,5,12-14H2,1H3,(H4,24,25,26)(H2,27,28,32). The van der Waals surface area contributed by atoms with Crippen molar-refractivity contribution in [1.82, 2.24) is 14.4 Å². The van der Waals surface area contributed by atoms with Crippen LogP contribution in [0.5, 0.6) is 5.75 Å². The van der Waals surface area contributed by atoms with Crippen molar-refractivity contribution in [2.75, 3.05) is 25.0 Å². The molecule has 1 atom stereocenters. The van der Waals surface area contributed by atoms with E-state index in [0.717, 1.165) is 0 Å². The fourth-order valence-electron chi connectivity index (χ4n) is 3.20. The van der Waals surface area contributed by atoms with Crippen LogP contribution in [0, 0.1) is 0 Å². The fourth-order valence-corrected chi connectivity index (χ4v) is 4.47. The maximum Gasteiger partial charge on any atom is 0.319 e. The molecule has 3 aromatic rings. The van der Waals surface area contributed by atoms with Gasteiger partial charge in [0.05, 0.1) is 17.7 Å². The molecule has 36 heavy (non-hydrogen) atoms. The number of anilines is 1. The normalized spacial score (nSPS) is 12.0. The van der Waals surface area contributed by atoms with Crippen LogP contribution in [0.15, 0.2) is 75.5 Å². The largest absolute Gasteiger partial charge is 0.492 e. The third-order valence-corrected chi connectivity index (χ3v) is 6.52. The molecule has 0 aliphatic rings. The van der Waals surface area contributed by atoms with Gasteiger partial charge in [-0.1, -0.05) is 18.2 Å². The SMILES string of the molecule is CC(CNC(=O)Nc1ccc2ccc(OCCCN=C(N)N)cn2c1=O)NS(=O)(=O)c1ccccc1. The lowest BCUT2D eigenvalue weighted by atomic mass is 10.3. The zero-order chi connectivity index (χ0) is 26.1. The summed E-state index contributed by atoms with van der Waals surface area (Å²) in [4.78, 5) is 29.2. The molecule has 3 rings (SSSR count). The Morgan fingerprint density at radius 1 is 1.11 bits per heavy atom. The monoisotopic (exact) mass is 515 g/mol. The summed E-state index contributed by atoms with van der Waals surface area (Å²) < 4.78 is 34.3. The number of ether oxygens (including phenoxy) is 1. The van der Waals surface area contributed by atoms with Gasteiger partial charge in [-0.25, -0.2) is 17.9 Å². The van der Waals surface area contributed by atoms with E-state index in [0.29, 0.717) is 30.8 Å². The van der Waals surface area contributed by atoms with E-state index in [1.807, 2.05) is 0 Å². The topological polar surface area (TPSA) is 182 Å². The molecule has 1 unspecified atom stereocenters. The lowest BCUT2D eigenvalue weighted by Gasteiger charge is -2.15. The lowest BCUT2D eigenvalue weighted by Crippen LogP contribution is -2.43. The number of aromatic nitrogens is 1. The zero-order valence-corrected chi connectivity index (χ0v) is 20.5. The molecule has 0 saturated carbocycles. The molecular formula is C23H29N7O5S. The minimum absolute atomic E-state index is 0.00461. The fraction of sp³-hybridized carbons (Fsp3) is 0.261. The van der Waals surface area contributed by atoms with Crippen LogP contribution in [0.4, 0.5) is 10.5 Å². The number of hydrogen-bond donors (Lipinski definition) is 5. The molecule has 12 nitrogen and oxygen atoms in total. The third kappa shape index (κ3) is 7.45. The highest BCUT2D eigenvalue weighted by atomic mass is 32.2. The average molecular weight is 516 g/mol. The molecule has 0 bridgehead atoms. The number of pyridine rings is 2. The molecule has 7 N–H and O–H groups in total. The Morgan fingerprint density at radius 2 is 1.83 bits per heavy atom. The van der Waals surface area contributed by atoms with Crippen LogP contribution in [-0.2, 0) is 10.0 Å². The number of guanidine groups is 1. The highest BCUT2D eigenvalue weighted by Gasteiger charge is 2.17. The maximum absolute atomic E-state index is 12.9. The van der Waals surface area contributed by atoms with Gasteiger partial charge in [-0.05, 0) is 43.3 Å². The quantitative estimate of drug-likeness (QED) is 0.142. The highest BCUT2D eigenvalue weighted by molar-refractivity contribution is 7.89. The van der Waals surface area contributed by atoms with E-state index in [2.05, 4.69) is 20.3 Å². The predicted molar refractivity (Wildman–Crippen MR) is 138 cm³/mol. The maximum atomic E-state index is 12.9.